The third kappa shape index (κ3) is 1.62. The van der Waals surface area contributed by atoms with Gasteiger partial charge in [0.1, 0.15) is 6.33 Å². The van der Waals surface area contributed by atoms with Crippen LogP contribution in [0.25, 0.3) is 16.6 Å². The molecule has 0 bridgehead atoms. The van der Waals surface area contributed by atoms with Crippen molar-refractivity contribution in [2.24, 2.45) is 0 Å². The summed E-state index contributed by atoms with van der Waals surface area (Å²) < 4.78 is 17.3. The standard InChI is InChI=1S/C12H12N4O3/c1-17-9-4-7-8(5-10(9)18-2)15-12(19-3)16-11(7)13-6-14-16/h4-6H,1-3H3. The number of methoxy groups -OCH3 is 3. The number of aromatic nitrogens is 4. The van der Waals surface area contributed by atoms with Crippen LogP contribution >= 0.6 is 0 Å². The molecule has 0 spiro atoms. The Morgan fingerprint density at radius 3 is 2.42 bits per heavy atom. The number of hydrogen-bond acceptors (Lipinski definition) is 6. The van der Waals surface area contributed by atoms with Crippen LogP contribution in [0.4, 0.5) is 0 Å². The molecule has 3 aromatic rings. The number of fused-ring (bicyclic) bond motifs is 3. The largest absolute Gasteiger partial charge is 0.493 e. The molecule has 7 nitrogen and oxygen atoms in total. The van der Waals surface area contributed by atoms with Gasteiger partial charge in [-0.15, -0.1) is 0 Å². The zero-order chi connectivity index (χ0) is 13.4. The monoisotopic (exact) mass is 260 g/mol. The molecule has 0 unspecified atom stereocenters. The van der Waals surface area contributed by atoms with Gasteiger partial charge >= 0.3 is 6.01 Å². The molecule has 0 atom stereocenters. The van der Waals surface area contributed by atoms with E-state index in [0.29, 0.717) is 28.7 Å². The van der Waals surface area contributed by atoms with Crippen molar-refractivity contribution in [3.63, 3.8) is 0 Å². The molecule has 0 aliphatic carbocycles. The normalized spacial score (nSPS) is 10.9. The minimum Gasteiger partial charge on any atom is -0.493 e. The summed E-state index contributed by atoms with van der Waals surface area (Å²) in [5.74, 6) is 1.22. The Hall–Kier alpha value is -2.57. The Bertz CT molecular complexity index is 753. The summed E-state index contributed by atoms with van der Waals surface area (Å²) in [6, 6.07) is 3.97. The van der Waals surface area contributed by atoms with E-state index in [1.807, 2.05) is 6.07 Å². The predicted molar refractivity (Wildman–Crippen MR) is 67.9 cm³/mol. The summed E-state index contributed by atoms with van der Waals surface area (Å²) in [5.41, 5.74) is 1.36. The highest BCUT2D eigenvalue weighted by molar-refractivity contribution is 5.93. The lowest BCUT2D eigenvalue weighted by atomic mass is 10.2. The van der Waals surface area contributed by atoms with E-state index in [9.17, 15) is 0 Å². The fourth-order valence-corrected chi connectivity index (χ4v) is 1.99. The second-order valence-corrected chi connectivity index (χ2v) is 3.82. The van der Waals surface area contributed by atoms with Gasteiger partial charge in [0.05, 0.1) is 26.8 Å². The molecular formula is C12H12N4O3. The molecule has 0 fully saturated rings. The van der Waals surface area contributed by atoms with Gasteiger partial charge in [0.25, 0.3) is 0 Å². The van der Waals surface area contributed by atoms with Crippen molar-refractivity contribution in [2.75, 3.05) is 21.3 Å². The van der Waals surface area contributed by atoms with Crippen LogP contribution < -0.4 is 14.2 Å². The molecule has 0 radical (unpaired) electrons. The van der Waals surface area contributed by atoms with Crippen LogP contribution in [0.3, 0.4) is 0 Å². The number of rotatable bonds is 3. The first kappa shape index (κ1) is 11.5. The summed E-state index contributed by atoms with van der Waals surface area (Å²) in [6.07, 6.45) is 1.45. The van der Waals surface area contributed by atoms with E-state index in [2.05, 4.69) is 15.1 Å². The molecule has 2 heterocycles. The summed E-state index contributed by atoms with van der Waals surface area (Å²) in [4.78, 5) is 8.60. The fraction of sp³-hybridized carbons (Fsp3) is 0.250. The molecule has 0 amide bonds. The van der Waals surface area contributed by atoms with E-state index in [0.717, 1.165) is 5.39 Å². The molecule has 1 aromatic carbocycles. The van der Waals surface area contributed by atoms with Gasteiger partial charge in [-0.25, -0.2) is 4.98 Å². The topological polar surface area (TPSA) is 70.8 Å². The molecule has 3 rings (SSSR count). The third-order valence-corrected chi connectivity index (χ3v) is 2.87. The zero-order valence-electron chi connectivity index (χ0n) is 10.7. The van der Waals surface area contributed by atoms with Crippen molar-refractivity contribution in [1.29, 1.82) is 0 Å². The number of hydrogen-bond donors (Lipinski definition) is 0. The first-order valence-electron chi connectivity index (χ1n) is 5.58. The quantitative estimate of drug-likeness (QED) is 0.707. The van der Waals surface area contributed by atoms with Crippen molar-refractivity contribution in [3.8, 4) is 17.5 Å². The van der Waals surface area contributed by atoms with Gasteiger partial charge in [-0.2, -0.15) is 14.6 Å². The molecule has 0 aliphatic heterocycles. The molecule has 0 saturated carbocycles. The average molecular weight is 260 g/mol. The smallest absolute Gasteiger partial charge is 0.319 e. The molecule has 2 aromatic heterocycles. The summed E-state index contributed by atoms with van der Waals surface area (Å²) >= 11 is 0. The molecule has 7 heteroatoms. The fourth-order valence-electron chi connectivity index (χ4n) is 1.99. The van der Waals surface area contributed by atoms with Crippen LogP contribution in [0.15, 0.2) is 18.5 Å². The third-order valence-electron chi connectivity index (χ3n) is 2.87. The Labute approximate surface area is 108 Å². The van der Waals surface area contributed by atoms with E-state index >= 15 is 0 Å². The van der Waals surface area contributed by atoms with Gasteiger partial charge < -0.3 is 14.2 Å². The number of ether oxygens (including phenoxy) is 3. The lowest BCUT2D eigenvalue weighted by Crippen LogP contribution is -2.01. The van der Waals surface area contributed by atoms with Gasteiger partial charge in [0.15, 0.2) is 17.1 Å². The van der Waals surface area contributed by atoms with Crippen LogP contribution in [0.1, 0.15) is 0 Å². The van der Waals surface area contributed by atoms with Crippen molar-refractivity contribution < 1.29 is 14.2 Å². The second-order valence-electron chi connectivity index (χ2n) is 3.82. The first-order valence-corrected chi connectivity index (χ1v) is 5.58. The maximum absolute atomic E-state index is 5.28. The average Bonchev–Trinajstić information content (AvgIpc) is 2.94. The van der Waals surface area contributed by atoms with Crippen molar-refractivity contribution in [2.45, 2.75) is 0 Å². The van der Waals surface area contributed by atoms with Gasteiger partial charge in [-0.3, -0.25) is 0 Å². The lowest BCUT2D eigenvalue weighted by Gasteiger charge is -2.10. The summed E-state index contributed by atoms with van der Waals surface area (Å²) in [6.45, 7) is 0. The number of nitrogens with zero attached hydrogens (tertiary/aromatic N) is 4. The van der Waals surface area contributed by atoms with E-state index in [4.69, 9.17) is 14.2 Å². The Morgan fingerprint density at radius 1 is 1.00 bits per heavy atom. The van der Waals surface area contributed by atoms with Gasteiger partial charge in [0.2, 0.25) is 0 Å². The van der Waals surface area contributed by atoms with Crippen LogP contribution in [0.5, 0.6) is 17.5 Å². The van der Waals surface area contributed by atoms with Crippen molar-refractivity contribution >= 4 is 16.6 Å². The van der Waals surface area contributed by atoms with Crippen LogP contribution in [-0.4, -0.2) is 40.9 Å². The molecule has 19 heavy (non-hydrogen) atoms. The first-order chi connectivity index (χ1) is 9.28. The minimum atomic E-state index is 0.368. The highest BCUT2D eigenvalue weighted by atomic mass is 16.5. The molecule has 0 saturated heterocycles. The van der Waals surface area contributed by atoms with E-state index in [-0.39, 0.29) is 0 Å². The number of benzene rings is 1. The lowest BCUT2D eigenvalue weighted by molar-refractivity contribution is 0.355. The van der Waals surface area contributed by atoms with Crippen LogP contribution in [-0.2, 0) is 0 Å². The van der Waals surface area contributed by atoms with Gasteiger partial charge in [-0.05, 0) is 6.07 Å². The highest BCUT2D eigenvalue weighted by Crippen LogP contribution is 2.33. The highest BCUT2D eigenvalue weighted by Gasteiger charge is 2.14. The molecule has 0 aliphatic rings. The van der Waals surface area contributed by atoms with Crippen LogP contribution in [0.2, 0.25) is 0 Å². The molecule has 0 N–H and O–H groups in total. The van der Waals surface area contributed by atoms with Gasteiger partial charge in [-0.1, -0.05) is 0 Å². The van der Waals surface area contributed by atoms with Crippen molar-refractivity contribution in [3.05, 3.63) is 18.5 Å². The predicted octanol–water partition coefficient (Wildman–Crippen LogP) is 1.30. The zero-order valence-corrected chi connectivity index (χ0v) is 10.7. The SMILES string of the molecule is COc1cc2nc(OC)n3ncnc3c2cc1OC. The second kappa shape index (κ2) is 4.27. The Kier molecular flexibility index (Phi) is 2.59. The van der Waals surface area contributed by atoms with E-state index in [1.54, 1.807) is 20.3 Å². The Balaban J connectivity index is 2.43. The Morgan fingerprint density at radius 2 is 1.74 bits per heavy atom. The van der Waals surface area contributed by atoms with Crippen molar-refractivity contribution in [1.82, 2.24) is 19.6 Å². The minimum absolute atomic E-state index is 0.368. The molecule has 98 valence electrons. The van der Waals surface area contributed by atoms with Crippen LogP contribution in [0, 0.1) is 0 Å². The van der Waals surface area contributed by atoms with E-state index < -0.39 is 0 Å². The molecular weight excluding hydrogens is 248 g/mol. The maximum atomic E-state index is 5.28. The summed E-state index contributed by atoms with van der Waals surface area (Å²) in [7, 11) is 4.70. The van der Waals surface area contributed by atoms with Gasteiger partial charge in [0, 0.05) is 11.5 Å². The maximum Gasteiger partial charge on any atom is 0.319 e. The van der Waals surface area contributed by atoms with E-state index in [1.165, 1.54) is 18.0 Å². The summed E-state index contributed by atoms with van der Waals surface area (Å²) in [5, 5.41) is 4.90.